The van der Waals surface area contributed by atoms with E-state index in [2.05, 4.69) is 72.0 Å². The van der Waals surface area contributed by atoms with E-state index in [1.54, 1.807) is 7.11 Å². The van der Waals surface area contributed by atoms with Crippen LogP contribution in [0.2, 0.25) is 0 Å². The molecule has 1 atom stereocenters. The molecule has 0 bridgehead atoms. The smallest absolute Gasteiger partial charge is 0.118 e. The van der Waals surface area contributed by atoms with Crippen LogP contribution < -0.4 is 4.74 Å². The van der Waals surface area contributed by atoms with E-state index >= 15 is 0 Å². The fourth-order valence-electron chi connectivity index (χ4n) is 3.97. The molecule has 3 nitrogen and oxygen atoms in total. The molecule has 0 saturated carbocycles. The Morgan fingerprint density at radius 2 is 1.84 bits per heavy atom. The zero-order valence-electron chi connectivity index (χ0n) is 15.3. The highest BCUT2D eigenvalue weighted by Crippen LogP contribution is 2.32. The minimum absolute atomic E-state index is 0.594. The van der Waals surface area contributed by atoms with Gasteiger partial charge in [-0.25, -0.2) is 0 Å². The van der Waals surface area contributed by atoms with Gasteiger partial charge in [-0.3, -0.25) is 4.90 Å². The topological polar surface area (TPSA) is 17.4 Å². The summed E-state index contributed by atoms with van der Waals surface area (Å²) in [6.07, 6.45) is 2.17. The molecule has 25 heavy (non-hydrogen) atoms. The lowest BCUT2D eigenvalue weighted by atomic mass is 10.00. The third-order valence-corrected chi connectivity index (χ3v) is 5.63. The Kier molecular flexibility index (Phi) is 4.26. The van der Waals surface area contributed by atoms with Crippen LogP contribution in [0.15, 0.2) is 48.5 Å². The Hall–Kier alpha value is -2.26. The highest BCUT2D eigenvalue weighted by Gasteiger charge is 2.26. The minimum atomic E-state index is 0.594. The summed E-state index contributed by atoms with van der Waals surface area (Å²) in [6.45, 7) is 4.40. The van der Waals surface area contributed by atoms with E-state index in [-0.39, 0.29) is 0 Å². The molecule has 4 rings (SSSR count). The van der Waals surface area contributed by atoms with Crippen LogP contribution in [0, 0.1) is 0 Å². The van der Waals surface area contributed by atoms with Gasteiger partial charge >= 0.3 is 0 Å². The predicted molar refractivity (Wildman–Crippen MR) is 103 cm³/mol. The normalized spacial score (nSPS) is 17.6. The maximum atomic E-state index is 5.26. The highest BCUT2D eigenvalue weighted by molar-refractivity contribution is 5.85. The number of hydrogen-bond acceptors (Lipinski definition) is 2. The first kappa shape index (κ1) is 16.2. The van der Waals surface area contributed by atoms with Crippen molar-refractivity contribution in [2.45, 2.75) is 38.9 Å². The Morgan fingerprint density at radius 3 is 2.60 bits per heavy atom. The maximum Gasteiger partial charge on any atom is 0.118 e. The average molecular weight is 334 g/mol. The molecule has 0 amide bonds. The number of aromatic nitrogens is 1. The van der Waals surface area contributed by atoms with Gasteiger partial charge in [-0.05, 0) is 49.7 Å². The quantitative estimate of drug-likeness (QED) is 0.709. The molecule has 0 radical (unpaired) electrons. The lowest BCUT2D eigenvalue weighted by Crippen LogP contribution is -2.35. The molecule has 1 aliphatic heterocycles. The van der Waals surface area contributed by atoms with Crippen LogP contribution in [0.5, 0.6) is 5.75 Å². The first-order valence-corrected chi connectivity index (χ1v) is 9.09. The number of hydrogen-bond donors (Lipinski definition) is 0. The third kappa shape index (κ3) is 2.93. The largest absolute Gasteiger partial charge is 0.497 e. The number of nitrogens with zero attached hydrogens (tertiary/aromatic N) is 2. The van der Waals surface area contributed by atoms with Gasteiger partial charge in [-0.2, -0.15) is 0 Å². The van der Waals surface area contributed by atoms with Gasteiger partial charge in [-0.15, -0.1) is 0 Å². The van der Waals surface area contributed by atoms with Gasteiger partial charge in [-0.1, -0.05) is 30.3 Å². The van der Waals surface area contributed by atoms with Gasteiger partial charge in [0.2, 0.25) is 0 Å². The number of aryl methyl sites for hydroxylation is 2. The molecular formula is C22H26N2O. The fraction of sp³-hybridized carbons (Fsp3) is 0.364. The molecule has 1 aliphatic rings. The number of para-hydroxylation sites is 1. The average Bonchev–Trinajstić information content (AvgIpc) is 2.94. The molecule has 0 aliphatic carbocycles. The third-order valence-electron chi connectivity index (χ3n) is 5.63. The number of fused-ring (bicyclic) bond motifs is 3. The van der Waals surface area contributed by atoms with Crippen molar-refractivity contribution in [3.63, 3.8) is 0 Å². The Morgan fingerprint density at radius 1 is 1.08 bits per heavy atom. The van der Waals surface area contributed by atoms with E-state index in [1.807, 2.05) is 0 Å². The van der Waals surface area contributed by atoms with Crippen LogP contribution >= 0.6 is 0 Å². The number of rotatable bonds is 4. The maximum absolute atomic E-state index is 5.26. The van der Waals surface area contributed by atoms with Gasteiger partial charge in [0.25, 0.3) is 0 Å². The Balaban J connectivity index is 1.68. The molecule has 1 aromatic heterocycles. The summed E-state index contributed by atoms with van der Waals surface area (Å²) in [5.74, 6) is 0.921. The first-order valence-electron chi connectivity index (χ1n) is 9.09. The van der Waals surface area contributed by atoms with Crippen molar-refractivity contribution in [1.29, 1.82) is 0 Å². The lowest BCUT2D eigenvalue weighted by molar-refractivity contribution is 0.228. The van der Waals surface area contributed by atoms with Crippen LogP contribution in [0.4, 0.5) is 0 Å². The summed E-state index contributed by atoms with van der Waals surface area (Å²) >= 11 is 0. The van der Waals surface area contributed by atoms with E-state index in [0.29, 0.717) is 6.04 Å². The zero-order valence-corrected chi connectivity index (χ0v) is 15.3. The van der Waals surface area contributed by atoms with Crippen LogP contribution in [0.25, 0.3) is 10.9 Å². The van der Waals surface area contributed by atoms with E-state index in [1.165, 1.54) is 27.7 Å². The van der Waals surface area contributed by atoms with E-state index < -0.39 is 0 Å². The number of likely N-dealkylation sites (N-methyl/N-ethyl adjacent to an activating group) is 1. The summed E-state index contributed by atoms with van der Waals surface area (Å²) in [6, 6.07) is 17.9. The molecule has 0 fully saturated rings. The standard InChI is InChI=1S/C22H26N2O/c1-16-14-22-20(15-23(16)2)19-6-4-5-7-21(19)24(22)13-12-17-8-10-18(25-3)11-9-17/h4-11,16H,12-15H2,1-3H3. The predicted octanol–water partition coefficient (Wildman–Crippen LogP) is 4.27. The first-order chi connectivity index (χ1) is 12.2. The molecule has 0 saturated heterocycles. The fourth-order valence-corrected chi connectivity index (χ4v) is 3.97. The van der Waals surface area contributed by atoms with Gasteiger partial charge in [0.05, 0.1) is 7.11 Å². The Bertz CT molecular complexity index is 879. The number of ether oxygens (including phenoxy) is 1. The zero-order chi connectivity index (χ0) is 17.4. The molecular weight excluding hydrogens is 308 g/mol. The SMILES string of the molecule is COc1ccc(CCn2c3c(c4ccccc42)CN(C)C(C)C3)cc1. The summed E-state index contributed by atoms with van der Waals surface area (Å²) < 4.78 is 7.82. The monoisotopic (exact) mass is 334 g/mol. The number of methoxy groups -OCH3 is 1. The van der Waals surface area contributed by atoms with Crippen LogP contribution in [0.1, 0.15) is 23.7 Å². The van der Waals surface area contributed by atoms with Crippen LogP contribution in [-0.2, 0) is 25.9 Å². The van der Waals surface area contributed by atoms with Crippen molar-refractivity contribution >= 4 is 10.9 Å². The van der Waals surface area contributed by atoms with E-state index in [4.69, 9.17) is 4.74 Å². The van der Waals surface area contributed by atoms with Gasteiger partial charge < -0.3 is 9.30 Å². The van der Waals surface area contributed by atoms with Crippen molar-refractivity contribution in [2.75, 3.05) is 14.2 Å². The van der Waals surface area contributed by atoms with Crippen LogP contribution in [-0.4, -0.2) is 29.7 Å². The highest BCUT2D eigenvalue weighted by atomic mass is 16.5. The van der Waals surface area contributed by atoms with Gasteiger partial charge in [0.15, 0.2) is 0 Å². The minimum Gasteiger partial charge on any atom is -0.497 e. The summed E-state index contributed by atoms with van der Waals surface area (Å²) in [5.41, 5.74) is 5.78. The summed E-state index contributed by atoms with van der Waals surface area (Å²) in [4.78, 5) is 2.46. The molecule has 130 valence electrons. The van der Waals surface area contributed by atoms with E-state index in [9.17, 15) is 0 Å². The Labute approximate surface area is 149 Å². The second kappa shape index (κ2) is 6.57. The van der Waals surface area contributed by atoms with Crippen molar-refractivity contribution in [3.8, 4) is 5.75 Å². The van der Waals surface area contributed by atoms with Crippen molar-refractivity contribution in [1.82, 2.24) is 9.47 Å². The molecule has 0 N–H and O–H groups in total. The second-order valence-corrected chi connectivity index (χ2v) is 7.16. The van der Waals surface area contributed by atoms with Crippen molar-refractivity contribution < 1.29 is 4.74 Å². The van der Waals surface area contributed by atoms with Gasteiger partial charge in [0.1, 0.15) is 5.75 Å². The van der Waals surface area contributed by atoms with Crippen molar-refractivity contribution in [2.24, 2.45) is 0 Å². The molecule has 2 aromatic carbocycles. The second-order valence-electron chi connectivity index (χ2n) is 7.16. The van der Waals surface area contributed by atoms with Crippen molar-refractivity contribution in [3.05, 3.63) is 65.4 Å². The lowest BCUT2D eigenvalue weighted by Gasteiger charge is -2.31. The van der Waals surface area contributed by atoms with E-state index in [0.717, 1.165) is 31.7 Å². The van der Waals surface area contributed by atoms with Crippen LogP contribution in [0.3, 0.4) is 0 Å². The summed E-state index contributed by atoms with van der Waals surface area (Å²) in [5, 5.41) is 1.42. The molecule has 3 heteroatoms. The summed E-state index contributed by atoms with van der Waals surface area (Å²) in [7, 11) is 3.95. The molecule has 2 heterocycles. The number of benzene rings is 2. The van der Waals surface area contributed by atoms with Gasteiger partial charge in [0, 0.05) is 42.1 Å². The molecule has 0 spiro atoms. The molecule has 3 aromatic rings. The molecule has 1 unspecified atom stereocenters.